The average Bonchev–Trinajstić information content (AvgIpc) is 2.30. The Balaban J connectivity index is 2.53. The highest BCUT2D eigenvalue weighted by Crippen LogP contribution is 2.38. The molecule has 1 fully saturated rings. The number of nitrogens with one attached hydrogen (secondary N) is 1. The Hall–Kier alpha value is -0.570. The monoisotopic (exact) mass is 241 g/mol. The zero-order valence-corrected chi connectivity index (χ0v) is 11.3. The molecular weight excluding hydrogens is 214 g/mol. The Morgan fingerprint density at radius 2 is 1.82 bits per heavy atom. The van der Waals surface area contributed by atoms with Crippen molar-refractivity contribution in [1.29, 1.82) is 0 Å². The fourth-order valence-electron chi connectivity index (χ4n) is 2.98. The van der Waals surface area contributed by atoms with Gasteiger partial charge in [-0.25, -0.2) is 0 Å². The normalized spacial score (nSPS) is 19.5. The standard InChI is InChI=1S/C14H27NO2/c1-3-12(4-2)15-11-14(10-13(16)17)8-6-5-7-9-14/h12,15H,3-11H2,1-2H3,(H,16,17). The summed E-state index contributed by atoms with van der Waals surface area (Å²) in [7, 11) is 0. The van der Waals surface area contributed by atoms with E-state index >= 15 is 0 Å². The Kier molecular flexibility index (Phi) is 5.96. The van der Waals surface area contributed by atoms with E-state index in [1.807, 2.05) is 0 Å². The van der Waals surface area contributed by atoms with Crippen molar-refractivity contribution >= 4 is 5.97 Å². The van der Waals surface area contributed by atoms with Crippen LogP contribution in [0.25, 0.3) is 0 Å². The van der Waals surface area contributed by atoms with E-state index < -0.39 is 5.97 Å². The van der Waals surface area contributed by atoms with Gasteiger partial charge in [0.05, 0.1) is 6.42 Å². The van der Waals surface area contributed by atoms with Crippen LogP contribution in [0.15, 0.2) is 0 Å². The van der Waals surface area contributed by atoms with Crippen molar-refractivity contribution in [2.45, 2.75) is 71.3 Å². The van der Waals surface area contributed by atoms with Crippen LogP contribution in [0.1, 0.15) is 65.2 Å². The summed E-state index contributed by atoms with van der Waals surface area (Å²) in [5, 5.41) is 12.7. The minimum Gasteiger partial charge on any atom is -0.481 e. The van der Waals surface area contributed by atoms with E-state index in [0.717, 1.165) is 32.2 Å². The molecule has 1 saturated carbocycles. The predicted octanol–water partition coefficient (Wildman–Crippen LogP) is 3.19. The molecule has 0 aromatic rings. The minimum atomic E-state index is -0.641. The molecule has 1 aliphatic carbocycles. The molecule has 0 bridgehead atoms. The first kappa shape index (κ1) is 14.5. The zero-order valence-electron chi connectivity index (χ0n) is 11.3. The van der Waals surface area contributed by atoms with Gasteiger partial charge in [0.15, 0.2) is 0 Å². The van der Waals surface area contributed by atoms with Gasteiger partial charge in [-0.2, -0.15) is 0 Å². The van der Waals surface area contributed by atoms with Crippen LogP contribution in [0.5, 0.6) is 0 Å². The molecular formula is C14H27NO2. The average molecular weight is 241 g/mol. The summed E-state index contributed by atoms with van der Waals surface area (Å²) >= 11 is 0. The maximum atomic E-state index is 11.0. The van der Waals surface area contributed by atoms with E-state index in [1.165, 1.54) is 19.3 Å². The third kappa shape index (κ3) is 4.66. The molecule has 0 unspecified atom stereocenters. The van der Waals surface area contributed by atoms with Gasteiger partial charge >= 0.3 is 5.97 Å². The predicted molar refractivity (Wildman–Crippen MR) is 70.1 cm³/mol. The molecule has 2 N–H and O–H groups in total. The van der Waals surface area contributed by atoms with Crippen LogP contribution in [0, 0.1) is 5.41 Å². The molecule has 3 nitrogen and oxygen atoms in total. The molecule has 0 heterocycles. The summed E-state index contributed by atoms with van der Waals surface area (Å²) in [5.41, 5.74) is 0.0205. The van der Waals surface area contributed by atoms with E-state index in [4.69, 9.17) is 5.11 Å². The number of hydrogen-bond donors (Lipinski definition) is 2. The number of carboxylic acids is 1. The molecule has 0 aliphatic heterocycles. The van der Waals surface area contributed by atoms with Crippen molar-refractivity contribution < 1.29 is 9.90 Å². The summed E-state index contributed by atoms with van der Waals surface area (Å²) in [5.74, 6) is -0.641. The Bertz CT molecular complexity index is 230. The summed E-state index contributed by atoms with van der Waals surface area (Å²) in [6, 6.07) is 0.544. The second-order valence-corrected chi connectivity index (χ2v) is 5.53. The molecule has 0 atom stereocenters. The largest absolute Gasteiger partial charge is 0.481 e. The Labute approximate surface area is 105 Å². The molecule has 0 aromatic heterocycles. The van der Waals surface area contributed by atoms with Crippen molar-refractivity contribution in [3.05, 3.63) is 0 Å². The highest BCUT2D eigenvalue weighted by molar-refractivity contribution is 5.67. The molecule has 0 aromatic carbocycles. The Morgan fingerprint density at radius 1 is 1.24 bits per heavy atom. The van der Waals surface area contributed by atoms with Crippen LogP contribution in [-0.2, 0) is 4.79 Å². The molecule has 17 heavy (non-hydrogen) atoms. The maximum absolute atomic E-state index is 11.0. The number of aliphatic carboxylic acids is 1. The minimum absolute atomic E-state index is 0.0205. The lowest BCUT2D eigenvalue weighted by atomic mass is 9.71. The summed E-state index contributed by atoms with van der Waals surface area (Å²) < 4.78 is 0. The smallest absolute Gasteiger partial charge is 0.303 e. The second kappa shape index (κ2) is 7.00. The SMILES string of the molecule is CCC(CC)NCC1(CC(=O)O)CCCCC1. The van der Waals surface area contributed by atoms with Crippen molar-refractivity contribution in [3.8, 4) is 0 Å². The zero-order chi connectivity index (χ0) is 12.7. The quantitative estimate of drug-likeness (QED) is 0.719. The van der Waals surface area contributed by atoms with E-state index in [1.54, 1.807) is 0 Å². The molecule has 3 heteroatoms. The van der Waals surface area contributed by atoms with Gasteiger partial charge in [-0.1, -0.05) is 33.1 Å². The van der Waals surface area contributed by atoms with Gasteiger partial charge in [0.1, 0.15) is 0 Å². The fraction of sp³-hybridized carbons (Fsp3) is 0.929. The van der Waals surface area contributed by atoms with Crippen molar-refractivity contribution in [2.24, 2.45) is 5.41 Å². The van der Waals surface area contributed by atoms with Crippen molar-refractivity contribution in [3.63, 3.8) is 0 Å². The van der Waals surface area contributed by atoms with Crippen LogP contribution in [0.3, 0.4) is 0 Å². The molecule has 0 radical (unpaired) electrons. The first-order valence-corrected chi connectivity index (χ1v) is 7.07. The first-order valence-electron chi connectivity index (χ1n) is 7.07. The van der Waals surface area contributed by atoms with Crippen LogP contribution in [0.2, 0.25) is 0 Å². The van der Waals surface area contributed by atoms with Gasteiger partial charge in [0, 0.05) is 12.6 Å². The molecule has 0 spiro atoms. The molecule has 100 valence electrons. The maximum Gasteiger partial charge on any atom is 0.303 e. The summed E-state index contributed by atoms with van der Waals surface area (Å²) in [4.78, 5) is 11.0. The van der Waals surface area contributed by atoms with Gasteiger partial charge in [0.25, 0.3) is 0 Å². The molecule has 0 amide bonds. The fourth-order valence-corrected chi connectivity index (χ4v) is 2.98. The Morgan fingerprint density at radius 3 is 2.29 bits per heavy atom. The van der Waals surface area contributed by atoms with Gasteiger partial charge in [-0.05, 0) is 31.1 Å². The molecule has 1 aliphatic rings. The number of carboxylic acid groups (broad SMARTS) is 1. The number of carbonyl (C=O) groups is 1. The third-order valence-electron chi connectivity index (χ3n) is 4.19. The highest BCUT2D eigenvalue weighted by Gasteiger charge is 2.34. The van der Waals surface area contributed by atoms with Crippen LogP contribution >= 0.6 is 0 Å². The van der Waals surface area contributed by atoms with E-state index in [9.17, 15) is 4.79 Å². The van der Waals surface area contributed by atoms with E-state index in [-0.39, 0.29) is 5.41 Å². The lowest BCUT2D eigenvalue weighted by Gasteiger charge is -2.37. The van der Waals surface area contributed by atoms with Gasteiger partial charge in [0.2, 0.25) is 0 Å². The van der Waals surface area contributed by atoms with Crippen LogP contribution in [0.4, 0.5) is 0 Å². The number of rotatable bonds is 7. The van der Waals surface area contributed by atoms with Gasteiger partial charge < -0.3 is 10.4 Å². The number of hydrogen-bond acceptors (Lipinski definition) is 2. The summed E-state index contributed by atoms with van der Waals surface area (Å²) in [6.45, 7) is 5.25. The van der Waals surface area contributed by atoms with E-state index in [2.05, 4.69) is 19.2 Å². The molecule has 1 rings (SSSR count). The molecule has 0 saturated heterocycles. The topological polar surface area (TPSA) is 49.3 Å². The van der Waals surface area contributed by atoms with E-state index in [0.29, 0.717) is 12.5 Å². The first-order chi connectivity index (χ1) is 8.12. The lowest BCUT2D eigenvalue weighted by Crippen LogP contribution is -2.41. The third-order valence-corrected chi connectivity index (χ3v) is 4.19. The van der Waals surface area contributed by atoms with Crippen LogP contribution < -0.4 is 5.32 Å². The van der Waals surface area contributed by atoms with Gasteiger partial charge in [-0.3, -0.25) is 4.79 Å². The highest BCUT2D eigenvalue weighted by atomic mass is 16.4. The second-order valence-electron chi connectivity index (χ2n) is 5.53. The summed E-state index contributed by atoms with van der Waals surface area (Å²) in [6.07, 6.45) is 8.39. The van der Waals surface area contributed by atoms with Crippen molar-refractivity contribution in [1.82, 2.24) is 5.32 Å². The lowest BCUT2D eigenvalue weighted by molar-refractivity contribution is -0.140. The van der Waals surface area contributed by atoms with Crippen LogP contribution in [-0.4, -0.2) is 23.7 Å². The van der Waals surface area contributed by atoms with Crippen molar-refractivity contribution in [2.75, 3.05) is 6.54 Å². The van der Waals surface area contributed by atoms with Gasteiger partial charge in [-0.15, -0.1) is 0 Å².